The van der Waals surface area contributed by atoms with E-state index in [4.69, 9.17) is 16.3 Å². The van der Waals surface area contributed by atoms with Crippen LogP contribution in [0.3, 0.4) is 0 Å². The van der Waals surface area contributed by atoms with Crippen molar-refractivity contribution >= 4 is 21.7 Å². The highest BCUT2D eigenvalue weighted by atomic mass is 35.5. The maximum Gasteiger partial charge on any atom is 0.534 e. The summed E-state index contributed by atoms with van der Waals surface area (Å²) >= 11 is 5.78. The Morgan fingerprint density at radius 2 is 1.64 bits per heavy atom. The van der Waals surface area contributed by atoms with Crippen LogP contribution in [0, 0.1) is 0 Å². The molecule has 9 heteroatoms. The van der Waals surface area contributed by atoms with Crippen LogP contribution in [0.4, 0.5) is 13.2 Å². The predicted molar refractivity (Wildman–Crippen MR) is 87.6 cm³/mol. The third-order valence-electron chi connectivity index (χ3n) is 3.08. The molecule has 0 saturated carbocycles. The van der Waals surface area contributed by atoms with Crippen molar-refractivity contribution in [2.45, 2.75) is 25.3 Å². The summed E-state index contributed by atoms with van der Waals surface area (Å²) in [6.07, 6.45) is 0.896. The lowest BCUT2D eigenvalue weighted by Gasteiger charge is -2.14. The minimum atomic E-state index is -5.72. The highest BCUT2D eigenvalue weighted by molar-refractivity contribution is 7.88. The molecule has 4 nitrogen and oxygen atoms in total. The summed E-state index contributed by atoms with van der Waals surface area (Å²) in [7, 11) is -5.72. The molecule has 0 aliphatic heterocycles. The molecule has 0 saturated heterocycles. The van der Waals surface area contributed by atoms with E-state index in [1.54, 1.807) is 31.2 Å². The number of ether oxygens (including phenoxy) is 1. The maximum atomic E-state index is 12.5. The zero-order valence-electron chi connectivity index (χ0n) is 13.0. The Bertz CT molecular complexity index is 833. The highest BCUT2D eigenvalue weighted by Gasteiger charge is 2.48. The van der Waals surface area contributed by atoms with E-state index in [0.29, 0.717) is 34.9 Å². The normalized spacial score (nSPS) is 12.0. The van der Waals surface area contributed by atoms with Crippen LogP contribution in [0.25, 0.3) is 0 Å². The second kappa shape index (κ2) is 7.53. The van der Waals surface area contributed by atoms with Gasteiger partial charge < -0.3 is 8.92 Å². The largest absolute Gasteiger partial charge is 0.534 e. The van der Waals surface area contributed by atoms with Crippen LogP contribution in [0.1, 0.15) is 18.9 Å². The number of alkyl halides is 3. The molecule has 2 aromatic rings. The van der Waals surface area contributed by atoms with Crippen LogP contribution in [0.15, 0.2) is 42.5 Å². The summed E-state index contributed by atoms with van der Waals surface area (Å²) in [6.45, 7) is 1.80. The van der Waals surface area contributed by atoms with Crippen molar-refractivity contribution in [2.75, 3.05) is 0 Å². The molecule has 0 amide bonds. The Kier molecular flexibility index (Phi) is 5.84. The first-order valence-corrected chi connectivity index (χ1v) is 8.98. The number of aryl methyl sites for hydroxylation is 1. The van der Waals surface area contributed by atoms with Gasteiger partial charge in [0.25, 0.3) is 0 Å². The van der Waals surface area contributed by atoms with Gasteiger partial charge in [0.1, 0.15) is 17.2 Å². The van der Waals surface area contributed by atoms with E-state index in [9.17, 15) is 21.6 Å². The minimum Gasteiger partial charge on any atom is -0.457 e. The molecule has 2 aromatic carbocycles. The van der Waals surface area contributed by atoms with Gasteiger partial charge in [-0.05, 0) is 54.4 Å². The smallest absolute Gasteiger partial charge is 0.457 e. The van der Waals surface area contributed by atoms with E-state index in [1.807, 2.05) is 0 Å². The molecule has 2 rings (SSSR count). The molecular weight excluding hydrogens is 381 g/mol. The summed E-state index contributed by atoms with van der Waals surface area (Å²) in [4.78, 5) is 0. The summed E-state index contributed by atoms with van der Waals surface area (Å²) in [5.74, 6) is 0.439. The van der Waals surface area contributed by atoms with Crippen molar-refractivity contribution < 1.29 is 30.5 Å². The Labute approximate surface area is 148 Å². The number of benzene rings is 2. The number of halogens is 4. The van der Waals surface area contributed by atoms with E-state index in [1.165, 1.54) is 12.1 Å². The zero-order chi connectivity index (χ0) is 18.7. The van der Waals surface area contributed by atoms with Crippen LogP contribution in [0.2, 0.25) is 5.02 Å². The standard InChI is InChI=1S/C16H14ClF3O4S/c1-2-3-11-10-14(23-13-6-4-12(17)5-7-13)8-9-15(11)24-25(21,22)16(18,19)20/h4-10H,2-3H2,1H3. The first-order chi connectivity index (χ1) is 11.6. The fraction of sp³-hybridized carbons (Fsp3) is 0.250. The molecule has 0 aliphatic rings. The van der Waals surface area contributed by atoms with Crippen molar-refractivity contribution in [3.8, 4) is 17.2 Å². The van der Waals surface area contributed by atoms with Gasteiger partial charge in [0, 0.05) is 5.02 Å². The van der Waals surface area contributed by atoms with E-state index in [2.05, 4.69) is 4.18 Å². The Hall–Kier alpha value is -1.93. The van der Waals surface area contributed by atoms with Crippen LogP contribution >= 0.6 is 11.6 Å². The third kappa shape index (κ3) is 5.02. The lowest BCUT2D eigenvalue weighted by atomic mass is 10.1. The van der Waals surface area contributed by atoms with Crippen molar-refractivity contribution in [1.29, 1.82) is 0 Å². The molecular formula is C16H14ClF3O4S. The minimum absolute atomic E-state index is 0.293. The Balaban J connectivity index is 2.29. The average molecular weight is 395 g/mol. The first kappa shape index (κ1) is 19.4. The van der Waals surface area contributed by atoms with Crippen molar-refractivity contribution in [2.24, 2.45) is 0 Å². The number of hydrogen-bond donors (Lipinski definition) is 0. The van der Waals surface area contributed by atoms with Gasteiger partial charge in [-0.3, -0.25) is 0 Å². The quantitative estimate of drug-likeness (QED) is 0.492. The molecule has 25 heavy (non-hydrogen) atoms. The monoisotopic (exact) mass is 394 g/mol. The summed E-state index contributed by atoms with van der Waals surface area (Å²) in [5, 5.41) is 0.528. The van der Waals surface area contributed by atoms with Gasteiger partial charge in [-0.25, -0.2) is 0 Å². The summed E-state index contributed by atoms with van der Waals surface area (Å²) < 4.78 is 69.7. The zero-order valence-corrected chi connectivity index (χ0v) is 14.6. The Morgan fingerprint density at radius 3 is 2.20 bits per heavy atom. The fourth-order valence-electron chi connectivity index (χ4n) is 1.97. The van der Waals surface area contributed by atoms with Crippen molar-refractivity contribution in [3.63, 3.8) is 0 Å². The SMILES string of the molecule is CCCc1cc(Oc2ccc(Cl)cc2)ccc1OS(=O)(=O)C(F)(F)F. The van der Waals surface area contributed by atoms with Gasteiger partial charge in [-0.1, -0.05) is 24.9 Å². The molecule has 136 valence electrons. The molecule has 0 aromatic heterocycles. The van der Waals surface area contributed by atoms with E-state index < -0.39 is 15.6 Å². The van der Waals surface area contributed by atoms with Gasteiger partial charge in [-0.15, -0.1) is 0 Å². The molecule has 0 unspecified atom stereocenters. The van der Waals surface area contributed by atoms with Crippen LogP contribution in [0.5, 0.6) is 17.2 Å². The lowest BCUT2D eigenvalue weighted by molar-refractivity contribution is -0.0500. The van der Waals surface area contributed by atoms with Gasteiger partial charge in [0.05, 0.1) is 0 Å². The second-order valence-corrected chi connectivity index (χ2v) is 7.03. The number of rotatable bonds is 6. The summed E-state index contributed by atoms with van der Waals surface area (Å²) in [5.41, 5.74) is -5.20. The topological polar surface area (TPSA) is 52.6 Å². The predicted octanol–water partition coefficient (Wildman–Crippen LogP) is 5.31. The van der Waals surface area contributed by atoms with Gasteiger partial charge in [0.15, 0.2) is 0 Å². The Morgan fingerprint density at radius 1 is 1.04 bits per heavy atom. The molecule has 0 aliphatic carbocycles. The van der Waals surface area contributed by atoms with Crippen molar-refractivity contribution in [1.82, 2.24) is 0 Å². The van der Waals surface area contributed by atoms with E-state index in [-0.39, 0.29) is 5.75 Å². The first-order valence-electron chi connectivity index (χ1n) is 7.19. The molecule has 0 fully saturated rings. The van der Waals surface area contributed by atoms with Gasteiger partial charge in [0.2, 0.25) is 0 Å². The van der Waals surface area contributed by atoms with Crippen LogP contribution in [-0.4, -0.2) is 13.9 Å². The number of hydrogen-bond acceptors (Lipinski definition) is 4. The lowest BCUT2D eigenvalue weighted by Crippen LogP contribution is -2.28. The maximum absolute atomic E-state index is 12.5. The van der Waals surface area contributed by atoms with E-state index in [0.717, 1.165) is 6.07 Å². The summed E-state index contributed by atoms with van der Waals surface area (Å²) in [6, 6.07) is 10.4. The molecule has 0 bridgehead atoms. The highest BCUT2D eigenvalue weighted by Crippen LogP contribution is 2.33. The fourth-order valence-corrected chi connectivity index (χ4v) is 2.59. The van der Waals surface area contributed by atoms with Gasteiger partial charge in [-0.2, -0.15) is 21.6 Å². The third-order valence-corrected chi connectivity index (χ3v) is 4.30. The van der Waals surface area contributed by atoms with E-state index >= 15 is 0 Å². The molecule has 0 heterocycles. The molecule has 0 atom stereocenters. The second-order valence-electron chi connectivity index (χ2n) is 5.06. The van der Waals surface area contributed by atoms with Gasteiger partial charge >= 0.3 is 15.6 Å². The molecule has 0 spiro atoms. The molecule has 0 N–H and O–H groups in total. The van der Waals surface area contributed by atoms with Crippen LogP contribution < -0.4 is 8.92 Å². The van der Waals surface area contributed by atoms with Crippen molar-refractivity contribution in [3.05, 3.63) is 53.1 Å². The molecule has 0 radical (unpaired) electrons. The van der Waals surface area contributed by atoms with Crippen LogP contribution in [-0.2, 0) is 16.5 Å². The average Bonchev–Trinajstić information content (AvgIpc) is 2.51.